The van der Waals surface area contributed by atoms with Gasteiger partial charge < -0.3 is 10.4 Å². The third-order valence-corrected chi connectivity index (χ3v) is 4.15. The van der Waals surface area contributed by atoms with Crippen molar-refractivity contribution in [2.75, 3.05) is 5.32 Å². The van der Waals surface area contributed by atoms with Gasteiger partial charge in [-0.3, -0.25) is 9.59 Å². The molecule has 0 bridgehead atoms. The minimum Gasteiger partial charge on any atom is -0.506 e. The Morgan fingerprint density at radius 1 is 0.957 bits per heavy atom. The molecule has 0 spiro atoms. The van der Waals surface area contributed by atoms with Gasteiger partial charge in [-0.05, 0) is 17.2 Å². The number of anilines is 1. The number of hydrogen-bond donors (Lipinski definition) is 2. The van der Waals surface area contributed by atoms with Gasteiger partial charge >= 0.3 is 0 Å². The summed E-state index contributed by atoms with van der Waals surface area (Å²) in [6.07, 6.45) is 0. The Morgan fingerprint density at radius 3 is 2.39 bits per heavy atom. The lowest BCUT2D eigenvalue weighted by Gasteiger charge is -2.22. The Bertz CT molecular complexity index is 1000. The van der Waals surface area contributed by atoms with Gasteiger partial charge in [0.15, 0.2) is 5.78 Å². The predicted molar refractivity (Wildman–Crippen MR) is 88.8 cm³/mol. The molecular weight excluding hydrogens is 290 g/mol. The number of ketones is 1. The van der Waals surface area contributed by atoms with E-state index in [9.17, 15) is 14.7 Å². The smallest absolute Gasteiger partial charge is 0.221 e. The van der Waals surface area contributed by atoms with Crippen molar-refractivity contribution in [3.63, 3.8) is 0 Å². The molecule has 23 heavy (non-hydrogen) atoms. The summed E-state index contributed by atoms with van der Waals surface area (Å²) in [5, 5.41) is 14.5. The number of rotatable bonds is 1. The van der Waals surface area contributed by atoms with Crippen LogP contribution in [-0.4, -0.2) is 16.8 Å². The maximum Gasteiger partial charge on any atom is 0.221 e. The molecule has 0 radical (unpaired) electrons. The normalized spacial score (nSPS) is 12.1. The zero-order chi connectivity index (χ0) is 16.1. The first-order chi connectivity index (χ1) is 11.1. The van der Waals surface area contributed by atoms with E-state index in [4.69, 9.17) is 0 Å². The first-order valence-corrected chi connectivity index (χ1v) is 7.28. The fourth-order valence-corrected chi connectivity index (χ4v) is 3.24. The number of phenolic OH excluding ortho intramolecular Hbond substituents is 1. The second-order valence-electron chi connectivity index (χ2n) is 5.60. The first kappa shape index (κ1) is 13.5. The monoisotopic (exact) mass is 303 g/mol. The van der Waals surface area contributed by atoms with Crippen molar-refractivity contribution in [3.05, 3.63) is 59.7 Å². The Hall–Kier alpha value is -3.14. The van der Waals surface area contributed by atoms with Crippen LogP contribution in [-0.2, 0) is 4.79 Å². The number of amides is 1. The molecule has 4 rings (SSSR count). The number of aromatic hydroxyl groups is 1. The molecule has 0 atom stereocenters. The molecule has 0 aromatic heterocycles. The van der Waals surface area contributed by atoms with Crippen LogP contribution in [0.3, 0.4) is 0 Å². The molecule has 3 aromatic carbocycles. The van der Waals surface area contributed by atoms with Crippen molar-refractivity contribution in [3.8, 4) is 16.9 Å². The van der Waals surface area contributed by atoms with Crippen LogP contribution in [0.1, 0.15) is 22.8 Å². The van der Waals surface area contributed by atoms with Gasteiger partial charge in [0.25, 0.3) is 0 Å². The van der Waals surface area contributed by atoms with E-state index in [0.29, 0.717) is 22.2 Å². The van der Waals surface area contributed by atoms with Gasteiger partial charge in [0.2, 0.25) is 5.91 Å². The average molecular weight is 303 g/mol. The van der Waals surface area contributed by atoms with E-state index >= 15 is 0 Å². The summed E-state index contributed by atoms with van der Waals surface area (Å²) in [7, 11) is 0. The van der Waals surface area contributed by atoms with Gasteiger partial charge in [-0.1, -0.05) is 42.5 Å². The predicted octanol–water partition coefficient (Wildman–Crippen LogP) is 3.72. The maximum atomic E-state index is 12.8. The molecule has 4 heteroatoms. The van der Waals surface area contributed by atoms with Gasteiger partial charge in [-0.2, -0.15) is 0 Å². The van der Waals surface area contributed by atoms with E-state index in [1.54, 1.807) is 30.3 Å². The molecular formula is C19H13NO3. The summed E-state index contributed by atoms with van der Waals surface area (Å²) in [6.45, 7) is 1.38. The van der Waals surface area contributed by atoms with Crippen LogP contribution in [0.2, 0.25) is 0 Å². The van der Waals surface area contributed by atoms with Gasteiger partial charge in [0, 0.05) is 28.8 Å². The second kappa shape index (κ2) is 4.68. The van der Waals surface area contributed by atoms with Crippen molar-refractivity contribution in [1.82, 2.24) is 0 Å². The topological polar surface area (TPSA) is 66.4 Å². The van der Waals surface area contributed by atoms with Crippen molar-refractivity contribution >= 4 is 28.2 Å². The van der Waals surface area contributed by atoms with E-state index < -0.39 is 0 Å². The minimum absolute atomic E-state index is 0.0102. The van der Waals surface area contributed by atoms with Crippen molar-refractivity contribution < 1.29 is 14.7 Å². The quantitative estimate of drug-likeness (QED) is 0.527. The first-order valence-electron chi connectivity index (χ1n) is 7.28. The van der Waals surface area contributed by atoms with Crippen LogP contribution >= 0.6 is 0 Å². The Labute approximate surface area is 132 Å². The molecule has 3 aromatic rings. The lowest BCUT2D eigenvalue weighted by molar-refractivity contribution is -0.114. The van der Waals surface area contributed by atoms with Crippen molar-refractivity contribution in [2.24, 2.45) is 0 Å². The number of hydrogen-bond acceptors (Lipinski definition) is 3. The van der Waals surface area contributed by atoms with Gasteiger partial charge in [0.1, 0.15) is 5.75 Å². The lowest BCUT2D eigenvalue weighted by Crippen LogP contribution is -2.12. The van der Waals surface area contributed by atoms with Crippen molar-refractivity contribution in [2.45, 2.75) is 6.92 Å². The SMILES string of the molecule is CC(=O)Nc1c(O)cc2c3c(cccc13)C(=O)c1ccccc1-2. The summed E-state index contributed by atoms with van der Waals surface area (Å²) < 4.78 is 0. The highest BCUT2D eigenvalue weighted by molar-refractivity contribution is 6.28. The number of fused-ring (bicyclic) bond motifs is 2. The van der Waals surface area contributed by atoms with Gasteiger partial charge in [-0.25, -0.2) is 0 Å². The van der Waals surface area contributed by atoms with Gasteiger partial charge in [0.05, 0.1) is 5.69 Å². The zero-order valence-electron chi connectivity index (χ0n) is 12.4. The van der Waals surface area contributed by atoms with Crippen LogP contribution in [0.4, 0.5) is 5.69 Å². The number of benzene rings is 3. The molecule has 0 unspecified atom stereocenters. The third-order valence-electron chi connectivity index (χ3n) is 4.15. The summed E-state index contributed by atoms with van der Waals surface area (Å²) in [5.74, 6) is -0.328. The number of phenols is 1. The van der Waals surface area contributed by atoms with E-state index in [-0.39, 0.29) is 17.4 Å². The molecule has 0 saturated carbocycles. The number of nitrogens with one attached hydrogen (secondary N) is 1. The standard InChI is InChI=1S/C19H13NO3/c1-10(21)20-18-13-7-4-8-14-17(13)15(9-16(18)22)11-5-2-3-6-12(11)19(14)23/h2-9,22H,1H3,(H,20,21). The lowest BCUT2D eigenvalue weighted by atomic mass is 9.82. The molecule has 112 valence electrons. The molecule has 0 saturated heterocycles. The molecule has 0 fully saturated rings. The van der Waals surface area contributed by atoms with Crippen LogP contribution in [0.15, 0.2) is 48.5 Å². The Balaban J connectivity index is 2.17. The molecule has 4 nitrogen and oxygen atoms in total. The minimum atomic E-state index is -0.275. The van der Waals surface area contributed by atoms with Gasteiger partial charge in [-0.15, -0.1) is 0 Å². The van der Waals surface area contributed by atoms with Crippen LogP contribution in [0.25, 0.3) is 21.9 Å². The molecule has 0 heterocycles. The van der Waals surface area contributed by atoms with E-state index in [0.717, 1.165) is 16.5 Å². The summed E-state index contributed by atoms with van der Waals surface area (Å²) in [5.41, 5.74) is 3.15. The summed E-state index contributed by atoms with van der Waals surface area (Å²) in [4.78, 5) is 24.2. The van der Waals surface area contributed by atoms with E-state index in [1.807, 2.05) is 18.2 Å². The van der Waals surface area contributed by atoms with E-state index in [1.165, 1.54) is 6.92 Å². The second-order valence-corrected chi connectivity index (χ2v) is 5.60. The van der Waals surface area contributed by atoms with Crippen LogP contribution in [0, 0.1) is 0 Å². The molecule has 2 N–H and O–H groups in total. The highest BCUT2D eigenvalue weighted by atomic mass is 16.3. The highest BCUT2D eigenvalue weighted by Crippen LogP contribution is 2.45. The largest absolute Gasteiger partial charge is 0.506 e. The fraction of sp³-hybridized carbons (Fsp3) is 0.0526. The molecule has 1 aliphatic carbocycles. The molecule has 1 aliphatic rings. The van der Waals surface area contributed by atoms with Crippen molar-refractivity contribution in [1.29, 1.82) is 0 Å². The van der Waals surface area contributed by atoms with E-state index in [2.05, 4.69) is 5.32 Å². The summed E-state index contributed by atoms with van der Waals surface area (Å²) in [6, 6.07) is 14.3. The highest BCUT2D eigenvalue weighted by Gasteiger charge is 2.27. The Morgan fingerprint density at radius 2 is 1.65 bits per heavy atom. The number of carbonyl (C=O) groups is 2. The molecule has 0 aliphatic heterocycles. The maximum absolute atomic E-state index is 12.8. The van der Waals surface area contributed by atoms with Crippen LogP contribution < -0.4 is 5.32 Å². The molecule has 1 amide bonds. The van der Waals surface area contributed by atoms with Crippen LogP contribution in [0.5, 0.6) is 5.75 Å². The Kier molecular flexibility index (Phi) is 2.75. The zero-order valence-corrected chi connectivity index (χ0v) is 12.4. The number of carbonyl (C=O) groups excluding carboxylic acids is 2. The third kappa shape index (κ3) is 1.85. The fourth-order valence-electron chi connectivity index (χ4n) is 3.24. The summed E-state index contributed by atoms with van der Waals surface area (Å²) >= 11 is 0. The average Bonchev–Trinajstić information content (AvgIpc) is 2.55.